The van der Waals surface area contributed by atoms with E-state index in [1.165, 1.54) is 5.56 Å². The zero-order chi connectivity index (χ0) is 16.8. The number of anilines is 1. The third-order valence-corrected chi connectivity index (χ3v) is 3.67. The molecule has 3 aromatic carbocycles. The van der Waals surface area contributed by atoms with Crippen molar-refractivity contribution in [3.05, 3.63) is 83.9 Å². The number of aromatic hydroxyl groups is 1. The first kappa shape index (κ1) is 15.7. The maximum Gasteiger partial charge on any atom is 0.120 e. The minimum atomic E-state index is 0.281. The standard InChI is InChI=1S/C20H19N3O/c1-15-10-12-17(13-11-15)22-23-19-8-4-3-7-18(19)21-14-16-6-2-5-9-20(16)24/h2-13,21,24H,14H2,1H3. The van der Waals surface area contributed by atoms with Crippen LogP contribution in [0.25, 0.3) is 0 Å². The largest absolute Gasteiger partial charge is 0.508 e. The highest BCUT2D eigenvalue weighted by atomic mass is 16.3. The molecule has 0 radical (unpaired) electrons. The van der Waals surface area contributed by atoms with Gasteiger partial charge >= 0.3 is 0 Å². The monoisotopic (exact) mass is 317 g/mol. The van der Waals surface area contributed by atoms with Crippen molar-refractivity contribution in [3.8, 4) is 5.75 Å². The van der Waals surface area contributed by atoms with Crippen LogP contribution in [0, 0.1) is 6.92 Å². The normalized spacial score (nSPS) is 10.9. The molecule has 0 fully saturated rings. The van der Waals surface area contributed by atoms with Crippen LogP contribution in [-0.2, 0) is 6.54 Å². The molecule has 0 saturated carbocycles. The second-order valence-electron chi connectivity index (χ2n) is 5.53. The van der Waals surface area contributed by atoms with Gasteiger partial charge in [-0.15, -0.1) is 5.11 Å². The van der Waals surface area contributed by atoms with Crippen LogP contribution in [0.1, 0.15) is 11.1 Å². The first-order valence-corrected chi connectivity index (χ1v) is 7.80. The van der Waals surface area contributed by atoms with Gasteiger partial charge in [0, 0.05) is 12.1 Å². The second-order valence-corrected chi connectivity index (χ2v) is 5.53. The van der Waals surface area contributed by atoms with Gasteiger partial charge in [-0.25, -0.2) is 0 Å². The molecular formula is C20H19N3O. The Morgan fingerprint density at radius 1 is 0.833 bits per heavy atom. The highest BCUT2D eigenvalue weighted by Gasteiger charge is 2.03. The second kappa shape index (κ2) is 7.42. The molecule has 0 amide bonds. The van der Waals surface area contributed by atoms with E-state index in [2.05, 4.69) is 15.5 Å². The van der Waals surface area contributed by atoms with Gasteiger partial charge in [-0.1, -0.05) is 48.0 Å². The van der Waals surface area contributed by atoms with Gasteiger partial charge in [-0.05, 0) is 37.3 Å². The summed E-state index contributed by atoms with van der Waals surface area (Å²) in [5.74, 6) is 0.281. The molecule has 0 aliphatic heterocycles. The number of phenols is 1. The van der Waals surface area contributed by atoms with Crippen LogP contribution in [0.4, 0.5) is 17.1 Å². The molecule has 4 nitrogen and oxygen atoms in total. The van der Waals surface area contributed by atoms with Crippen LogP contribution in [0.5, 0.6) is 5.75 Å². The van der Waals surface area contributed by atoms with E-state index < -0.39 is 0 Å². The number of rotatable bonds is 5. The third-order valence-electron chi connectivity index (χ3n) is 3.67. The smallest absolute Gasteiger partial charge is 0.120 e. The van der Waals surface area contributed by atoms with Crippen molar-refractivity contribution < 1.29 is 5.11 Å². The van der Waals surface area contributed by atoms with Crippen molar-refractivity contribution in [2.45, 2.75) is 13.5 Å². The fourth-order valence-corrected chi connectivity index (χ4v) is 2.28. The van der Waals surface area contributed by atoms with Crippen molar-refractivity contribution in [1.82, 2.24) is 0 Å². The average molecular weight is 317 g/mol. The Balaban J connectivity index is 1.75. The maximum absolute atomic E-state index is 9.85. The molecule has 0 spiro atoms. The summed E-state index contributed by atoms with van der Waals surface area (Å²) >= 11 is 0. The molecule has 0 atom stereocenters. The molecule has 0 saturated heterocycles. The molecule has 3 rings (SSSR count). The maximum atomic E-state index is 9.85. The highest BCUT2D eigenvalue weighted by molar-refractivity contribution is 5.65. The summed E-state index contributed by atoms with van der Waals surface area (Å²) in [4.78, 5) is 0. The lowest BCUT2D eigenvalue weighted by Gasteiger charge is -2.09. The lowest BCUT2D eigenvalue weighted by molar-refractivity contribution is 0.469. The number of phenolic OH excluding ortho intramolecular Hbond substituents is 1. The third kappa shape index (κ3) is 3.98. The van der Waals surface area contributed by atoms with Gasteiger partial charge in [0.1, 0.15) is 11.4 Å². The minimum absolute atomic E-state index is 0.281. The van der Waals surface area contributed by atoms with Gasteiger partial charge in [0.15, 0.2) is 0 Å². The Morgan fingerprint density at radius 2 is 1.54 bits per heavy atom. The van der Waals surface area contributed by atoms with E-state index in [0.717, 1.165) is 22.6 Å². The predicted molar refractivity (Wildman–Crippen MR) is 97.2 cm³/mol. The number of hydrogen-bond acceptors (Lipinski definition) is 4. The SMILES string of the molecule is Cc1ccc(N=Nc2ccccc2NCc2ccccc2O)cc1. The molecular weight excluding hydrogens is 298 g/mol. The number of azo groups is 1. The summed E-state index contributed by atoms with van der Waals surface area (Å²) in [7, 11) is 0. The van der Waals surface area contributed by atoms with E-state index in [1.807, 2.05) is 73.7 Å². The Morgan fingerprint density at radius 3 is 2.33 bits per heavy atom. The molecule has 0 aromatic heterocycles. The van der Waals surface area contributed by atoms with Crippen LogP contribution in [-0.4, -0.2) is 5.11 Å². The van der Waals surface area contributed by atoms with Gasteiger partial charge in [0.25, 0.3) is 0 Å². The van der Waals surface area contributed by atoms with Crippen molar-refractivity contribution >= 4 is 17.1 Å². The Bertz CT molecular complexity index is 842. The fraction of sp³-hybridized carbons (Fsp3) is 0.100. The van der Waals surface area contributed by atoms with Gasteiger partial charge in [-0.2, -0.15) is 5.11 Å². The first-order valence-electron chi connectivity index (χ1n) is 7.80. The Labute approximate surface area is 141 Å². The van der Waals surface area contributed by atoms with Crippen molar-refractivity contribution in [3.63, 3.8) is 0 Å². The molecule has 2 N–H and O–H groups in total. The molecule has 0 heterocycles. The lowest BCUT2D eigenvalue weighted by Crippen LogP contribution is -1.99. The van der Waals surface area contributed by atoms with E-state index in [4.69, 9.17) is 0 Å². The topological polar surface area (TPSA) is 57.0 Å². The molecule has 4 heteroatoms. The van der Waals surface area contributed by atoms with E-state index in [-0.39, 0.29) is 5.75 Å². The number of hydrogen-bond donors (Lipinski definition) is 2. The van der Waals surface area contributed by atoms with Crippen molar-refractivity contribution in [1.29, 1.82) is 0 Å². The number of para-hydroxylation sites is 2. The van der Waals surface area contributed by atoms with Gasteiger partial charge < -0.3 is 10.4 Å². The van der Waals surface area contributed by atoms with E-state index in [0.29, 0.717) is 6.54 Å². The van der Waals surface area contributed by atoms with Crippen molar-refractivity contribution in [2.75, 3.05) is 5.32 Å². The molecule has 0 bridgehead atoms. The van der Waals surface area contributed by atoms with Crippen LogP contribution in [0.15, 0.2) is 83.0 Å². The lowest BCUT2D eigenvalue weighted by atomic mass is 10.2. The number of nitrogens with one attached hydrogen (secondary N) is 1. The molecule has 0 unspecified atom stereocenters. The summed E-state index contributed by atoms with van der Waals surface area (Å²) in [6, 6.07) is 22.9. The molecule has 3 aromatic rings. The summed E-state index contributed by atoms with van der Waals surface area (Å²) in [6.07, 6.45) is 0. The van der Waals surface area contributed by atoms with Crippen LogP contribution < -0.4 is 5.32 Å². The average Bonchev–Trinajstić information content (AvgIpc) is 2.61. The van der Waals surface area contributed by atoms with Gasteiger partial charge in [-0.3, -0.25) is 0 Å². The molecule has 0 aliphatic rings. The quantitative estimate of drug-likeness (QED) is 0.590. The number of nitrogens with zero attached hydrogens (tertiary/aromatic N) is 2. The molecule has 24 heavy (non-hydrogen) atoms. The van der Waals surface area contributed by atoms with E-state index in [1.54, 1.807) is 6.07 Å². The number of aryl methyl sites for hydroxylation is 1. The Kier molecular flexibility index (Phi) is 4.87. The van der Waals surface area contributed by atoms with Gasteiger partial charge in [0.05, 0.1) is 11.4 Å². The fourth-order valence-electron chi connectivity index (χ4n) is 2.28. The van der Waals surface area contributed by atoms with Crippen LogP contribution >= 0.6 is 0 Å². The zero-order valence-corrected chi connectivity index (χ0v) is 13.5. The first-order chi connectivity index (χ1) is 11.7. The Hall–Kier alpha value is -3.14. The summed E-state index contributed by atoms with van der Waals surface area (Å²) in [5.41, 5.74) is 4.47. The summed E-state index contributed by atoms with van der Waals surface area (Å²) in [6.45, 7) is 2.56. The van der Waals surface area contributed by atoms with E-state index >= 15 is 0 Å². The highest BCUT2D eigenvalue weighted by Crippen LogP contribution is 2.28. The minimum Gasteiger partial charge on any atom is -0.508 e. The zero-order valence-electron chi connectivity index (χ0n) is 13.5. The van der Waals surface area contributed by atoms with Crippen LogP contribution in [0.3, 0.4) is 0 Å². The summed E-state index contributed by atoms with van der Waals surface area (Å²) in [5, 5.41) is 21.8. The van der Waals surface area contributed by atoms with E-state index in [9.17, 15) is 5.11 Å². The van der Waals surface area contributed by atoms with Crippen molar-refractivity contribution in [2.24, 2.45) is 10.2 Å². The summed E-state index contributed by atoms with van der Waals surface area (Å²) < 4.78 is 0. The van der Waals surface area contributed by atoms with Crippen LogP contribution in [0.2, 0.25) is 0 Å². The molecule has 0 aliphatic carbocycles. The predicted octanol–water partition coefficient (Wildman–Crippen LogP) is 5.73. The van der Waals surface area contributed by atoms with Gasteiger partial charge in [0.2, 0.25) is 0 Å². The number of benzene rings is 3. The molecule has 120 valence electrons.